The monoisotopic (exact) mass is 1050 g/mol. The van der Waals surface area contributed by atoms with Gasteiger partial charge in [-0.1, -0.05) is 200 Å². The molecule has 1 aliphatic carbocycles. The fourth-order valence-electron chi connectivity index (χ4n) is 13.4. The summed E-state index contributed by atoms with van der Waals surface area (Å²) in [5.74, 6) is 1.90. The quantitative estimate of drug-likeness (QED) is 0.152. The number of benzene rings is 11. The highest BCUT2D eigenvalue weighted by Crippen LogP contribution is 2.49. The zero-order valence-corrected chi connectivity index (χ0v) is 44.4. The molecule has 15 aromatic rings. The van der Waals surface area contributed by atoms with Crippen molar-refractivity contribution in [2.45, 2.75) is 12.0 Å². The van der Waals surface area contributed by atoms with E-state index in [0.29, 0.717) is 17.5 Å². The van der Waals surface area contributed by atoms with Crippen LogP contribution < -0.4 is 4.90 Å². The van der Waals surface area contributed by atoms with Gasteiger partial charge in [-0.2, -0.15) is 0 Å². The standard InChI is InChI=1S/C75H49N7/c1-2-21-48(22-3-1)49-23-20-24-50(41-49)73-76-74(51-42-53(79-65-33-12-4-25-57(65)58-26-5-13-34-66(58)79)46-54(43-51)80-67-35-14-6-27-59(67)60-28-7-15-36-68(60)80)78-75(77-73)52-44-55(81-69-37-16-8-29-61(69)62-30-9-17-38-70(62)81)47-56(45-52)82-71-39-18-10-31-63(71)64-32-11-19-40-72(64)82/h1-47,57,65H. The molecule has 0 N–H and O–H groups in total. The summed E-state index contributed by atoms with van der Waals surface area (Å²) in [4.78, 5) is 19.4. The molecule has 2 aliphatic rings. The summed E-state index contributed by atoms with van der Waals surface area (Å²) in [7, 11) is 0. The Morgan fingerprint density at radius 2 is 0.634 bits per heavy atom. The second-order valence-electron chi connectivity index (χ2n) is 21.6. The number of hydrogen-bond donors (Lipinski definition) is 0. The van der Waals surface area contributed by atoms with E-state index in [4.69, 9.17) is 15.0 Å². The maximum absolute atomic E-state index is 5.72. The van der Waals surface area contributed by atoms with Gasteiger partial charge < -0.3 is 18.6 Å². The Labute approximate surface area is 472 Å². The van der Waals surface area contributed by atoms with Crippen LogP contribution in [0.15, 0.2) is 285 Å². The molecule has 5 heterocycles. The number of para-hydroxylation sites is 7. The molecule has 0 spiro atoms. The Bertz CT molecular complexity index is 4860. The molecule has 17 rings (SSSR count). The van der Waals surface area contributed by atoms with E-state index >= 15 is 0 Å². The highest BCUT2D eigenvalue weighted by Gasteiger charge is 2.37. The van der Waals surface area contributed by atoms with Gasteiger partial charge in [-0.3, -0.25) is 0 Å². The highest BCUT2D eigenvalue weighted by atomic mass is 15.2. The van der Waals surface area contributed by atoms with Gasteiger partial charge in [0, 0.05) is 83.4 Å². The lowest BCUT2D eigenvalue weighted by atomic mass is 9.91. The third-order valence-corrected chi connectivity index (χ3v) is 16.9. The van der Waals surface area contributed by atoms with E-state index in [1.807, 2.05) is 0 Å². The van der Waals surface area contributed by atoms with Gasteiger partial charge >= 0.3 is 0 Å². The first-order valence-corrected chi connectivity index (χ1v) is 28.1. The van der Waals surface area contributed by atoms with Gasteiger partial charge in [0.25, 0.3) is 0 Å². The minimum atomic E-state index is 0.0664. The van der Waals surface area contributed by atoms with E-state index in [9.17, 15) is 0 Å². The number of nitrogens with zero attached hydrogens (tertiary/aromatic N) is 7. The third kappa shape index (κ3) is 7.19. The predicted molar refractivity (Wildman–Crippen MR) is 338 cm³/mol. The first-order chi connectivity index (χ1) is 40.7. The predicted octanol–water partition coefficient (Wildman–Crippen LogP) is 18.6. The summed E-state index contributed by atoms with van der Waals surface area (Å²) in [6.07, 6.45) is 9.06. The summed E-state index contributed by atoms with van der Waals surface area (Å²) in [6, 6.07) is 94.2. The fraction of sp³-hybridized carbons (Fsp3) is 0.0267. The van der Waals surface area contributed by atoms with Crippen LogP contribution in [0.3, 0.4) is 0 Å². The van der Waals surface area contributed by atoms with E-state index in [1.165, 1.54) is 43.6 Å². The first kappa shape index (κ1) is 46.1. The lowest BCUT2D eigenvalue weighted by Crippen LogP contribution is -2.28. The lowest BCUT2D eigenvalue weighted by molar-refractivity contribution is 0.744. The van der Waals surface area contributed by atoms with Crippen LogP contribution in [0.2, 0.25) is 0 Å². The van der Waals surface area contributed by atoms with Crippen molar-refractivity contribution < 1.29 is 0 Å². The molecule has 0 bridgehead atoms. The van der Waals surface area contributed by atoms with Crippen LogP contribution in [0, 0.1) is 0 Å². The van der Waals surface area contributed by atoms with Gasteiger partial charge in [-0.25, -0.2) is 15.0 Å². The molecule has 0 fully saturated rings. The van der Waals surface area contributed by atoms with E-state index < -0.39 is 0 Å². The Hall–Kier alpha value is -10.9. The molecule has 0 saturated carbocycles. The van der Waals surface area contributed by atoms with Crippen LogP contribution in [0.25, 0.3) is 128 Å². The molecule has 2 atom stereocenters. The van der Waals surface area contributed by atoms with E-state index in [-0.39, 0.29) is 12.0 Å². The molecule has 0 saturated heterocycles. The topological polar surface area (TPSA) is 56.7 Å². The zero-order valence-electron chi connectivity index (χ0n) is 44.4. The molecule has 82 heavy (non-hydrogen) atoms. The molecule has 384 valence electrons. The van der Waals surface area contributed by atoms with Crippen molar-refractivity contribution in [3.8, 4) is 62.4 Å². The molecule has 0 amide bonds. The number of fused-ring (bicyclic) bond motifs is 12. The third-order valence-electron chi connectivity index (χ3n) is 16.9. The van der Waals surface area contributed by atoms with Crippen LogP contribution in [-0.4, -0.2) is 34.7 Å². The molecule has 1 aliphatic heterocycles. The maximum atomic E-state index is 5.72. The lowest BCUT2D eigenvalue weighted by Gasteiger charge is -2.29. The van der Waals surface area contributed by atoms with Crippen LogP contribution in [0.4, 0.5) is 11.4 Å². The fourth-order valence-corrected chi connectivity index (χ4v) is 13.4. The van der Waals surface area contributed by atoms with Crippen molar-refractivity contribution in [2.75, 3.05) is 4.90 Å². The van der Waals surface area contributed by atoms with Gasteiger partial charge in [0.05, 0.1) is 39.1 Å². The van der Waals surface area contributed by atoms with Crippen molar-refractivity contribution >= 4 is 76.8 Å². The van der Waals surface area contributed by atoms with Crippen molar-refractivity contribution in [3.63, 3.8) is 0 Å². The average molecular weight is 1050 g/mol. The van der Waals surface area contributed by atoms with E-state index in [0.717, 1.165) is 83.7 Å². The molecule has 7 nitrogen and oxygen atoms in total. The Morgan fingerprint density at radius 1 is 0.268 bits per heavy atom. The maximum Gasteiger partial charge on any atom is 0.164 e. The molecule has 11 aromatic carbocycles. The van der Waals surface area contributed by atoms with Crippen molar-refractivity contribution in [1.29, 1.82) is 0 Å². The second-order valence-corrected chi connectivity index (χ2v) is 21.6. The SMILES string of the molecule is C1=CC2c3ccccc3N(c3cc(-c4nc(-c5cccc(-c6ccccc6)c5)nc(-c5cc(-n6c7ccccc7c7ccccc76)cc(-n6c7ccccc7c7ccccc76)c5)n4)cc(-n4c5ccccc5c5ccccc54)c3)C2C=C1. The Morgan fingerprint density at radius 3 is 1.12 bits per heavy atom. The highest BCUT2D eigenvalue weighted by molar-refractivity contribution is 6.12. The van der Waals surface area contributed by atoms with Gasteiger partial charge in [0.15, 0.2) is 17.5 Å². The summed E-state index contributed by atoms with van der Waals surface area (Å²) in [5, 5.41) is 7.15. The zero-order chi connectivity index (χ0) is 53.8. The number of anilines is 2. The van der Waals surface area contributed by atoms with Gasteiger partial charge in [-0.05, 0) is 102 Å². The number of aromatic nitrogens is 6. The van der Waals surface area contributed by atoms with E-state index in [2.05, 4.69) is 304 Å². The van der Waals surface area contributed by atoms with Gasteiger partial charge in [0.1, 0.15) is 0 Å². The summed E-state index contributed by atoms with van der Waals surface area (Å²) < 4.78 is 7.21. The molecule has 0 radical (unpaired) electrons. The molecule has 7 heteroatoms. The van der Waals surface area contributed by atoms with E-state index in [1.54, 1.807) is 0 Å². The first-order valence-electron chi connectivity index (χ1n) is 28.1. The number of hydrogen-bond acceptors (Lipinski definition) is 4. The van der Waals surface area contributed by atoms with Crippen LogP contribution in [-0.2, 0) is 0 Å². The smallest absolute Gasteiger partial charge is 0.164 e. The Balaban J connectivity index is 0.961. The van der Waals surface area contributed by atoms with Crippen molar-refractivity contribution in [1.82, 2.24) is 28.7 Å². The molecular weight excluding hydrogens is 999 g/mol. The normalized spacial score (nSPS) is 14.7. The molecule has 4 aromatic heterocycles. The van der Waals surface area contributed by atoms with Crippen molar-refractivity contribution in [3.05, 3.63) is 291 Å². The number of rotatable bonds is 8. The minimum Gasteiger partial charge on any atom is -0.333 e. The van der Waals surface area contributed by atoms with Gasteiger partial charge in [0.2, 0.25) is 0 Å². The molecular formula is C75H49N7. The summed E-state index contributed by atoms with van der Waals surface area (Å²) >= 11 is 0. The minimum absolute atomic E-state index is 0.0664. The van der Waals surface area contributed by atoms with Crippen LogP contribution >= 0.6 is 0 Å². The number of allylic oxidation sites excluding steroid dienone is 2. The summed E-state index contributed by atoms with van der Waals surface area (Å²) in [6.45, 7) is 0. The van der Waals surface area contributed by atoms with Crippen LogP contribution in [0.5, 0.6) is 0 Å². The Kier molecular flexibility index (Phi) is 10.3. The summed E-state index contributed by atoms with van der Waals surface area (Å²) in [5.41, 5.74) is 18.1. The second kappa shape index (κ2) is 18.3. The van der Waals surface area contributed by atoms with Crippen molar-refractivity contribution in [2.24, 2.45) is 0 Å². The molecule has 2 unspecified atom stereocenters. The largest absolute Gasteiger partial charge is 0.333 e. The average Bonchev–Trinajstić information content (AvgIpc) is 4.48. The van der Waals surface area contributed by atoms with Crippen LogP contribution in [0.1, 0.15) is 11.5 Å². The van der Waals surface area contributed by atoms with Gasteiger partial charge in [-0.15, -0.1) is 0 Å².